The van der Waals surface area contributed by atoms with Gasteiger partial charge < -0.3 is 14.6 Å². The fourth-order valence-electron chi connectivity index (χ4n) is 3.14. The number of ether oxygens (including phenoxy) is 2. The first-order chi connectivity index (χ1) is 11.0. The molecule has 4 rings (SSSR count). The van der Waals surface area contributed by atoms with Gasteiger partial charge in [0.2, 0.25) is 14.8 Å². The minimum Gasteiger partial charge on any atom is -0.366 e. The predicted octanol–water partition coefficient (Wildman–Crippen LogP) is 1.95. The lowest BCUT2D eigenvalue weighted by Crippen LogP contribution is -2.31. The van der Waals surface area contributed by atoms with Gasteiger partial charge in [0.1, 0.15) is 6.10 Å². The van der Waals surface area contributed by atoms with Crippen molar-refractivity contribution in [2.75, 3.05) is 0 Å². The van der Waals surface area contributed by atoms with Crippen LogP contribution < -0.4 is 0 Å². The van der Waals surface area contributed by atoms with Crippen LogP contribution in [-0.2, 0) is 19.3 Å². The molecule has 0 aromatic heterocycles. The predicted molar refractivity (Wildman–Crippen MR) is 82.2 cm³/mol. The Morgan fingerprint density at radius 3 is 2.30 bits per heavy atom. The standard InChI is InChI=1S/C17H16O5S/c1-11-7-9-13(10-8-11)23(19,20)17-14(12-5-3-2-4-6-12)21-16(18)15(17)22-17/h2-10,14-16,18H,1H3/t14-,15+,16-,17+/m1/s1. The van der Waals surface area contributed by atoms with Crippen molar-refractivity contribution in [3.05, 3.63) is 65.7 Å². The Balaban J connectivity index is 1.81. The third-order valence-electron chi connectivity index (χ3n) is 4.40. The van der Waals surface area contributed by atoms with E-state index in [0.717, 1.165) is 5.56 Å². The maximum atomic E-state index is 13.1. The van der Waals surface area contributed by atoms with E-state index < -0.39 is 33.3 Å². The summed E-state index contributed by atoms with van der Waals surface area (Å²) in [4.78, 5) is -1.38. The zero-order valence-corrected chi connectivity index (χ0v) is 13.2. The lowest BCUT2D eigenvalue weighted by Gasteiger charge is -2.21. The van der Waals surface area contributed by atoms with E-state index in [-0.39, 0.29) is 4.90 Å². The number of aliphatic hydroxyl groups excluding tert-OH is 1. The van der Waals surface area contributed by atoms with Gasteiger partial charge in [-0.1, -0.05) is 48.0 Å². The molecule has 2 aromatic carbocycles. The van der Waals surface area contributed by atoms with E-state index in [0.29, 0.717) is 5.56 Å². The fraction of sp³-hybridized carbons (Fsp3) is 0.294. The van der Waals surface area contributed by atoms with Crippen molar-refractivity contribution >= 4 is 9.84 Å². The van der Waals surface area contributed by atoms with Gasteiger partial charge in [-0.2, -0.15) is 0 Å². The van der Waals surface area contributed by atoms with Crippen LogP contribution in [0.4, 0.5) is 0 Å². The molecule has 0 amide bonds. The minimum atomic E-state index is -3.82. The second-order valence-corrected chi connectivity index (χ2v) is 8.01. The van der Waals surface area contributed by atoms with Gasteiger partial charge in [0.15, 0.2) is 12.4 Å². The van der Waals surface area contributed by atoms with Crippen molar-refractivity contribution in [2.24, 2.45) is 0 Å². The van der Waals surface area contributed by atoms with Crippen molar-refractivity contribution in [1.29, 1.82) is 0 Å². The number of rotatable bonds is 3. The van der Waals surface area contributed by atoms with Gasteiger partial charge in [-0.3, -0.25) is 0 Å². The van der Waals surface area contributed by atoms with Crippen LogP contribution in [0, 0.1) is 6.92 Å². The molecule has 0 spiro atoms. The van der Waals surface area contributed by atoms with Crippen LogP contribution in [0.3, 0.4) is 0 Å². The molecule has 2 fully saturated rings. The summed E-state index contributed by atoms with van der Waals surface area (Å²) in [6, 6.07) is 15.6. The van der Waals surface area contributed by atoms with Crippen molar-refractivity contribution in [1.82, 2.24) is 0 Å². The molecule has 2 saturated heterocycles. The lowest BCUT2D eigenvalue weighted by molar-refractivity contribution is -0.145. The second-order valence-electron chi connectivity index (χ2n) is 5.89. The summed E-state index contributed by atoms with van der Waals surface area (Å²) in [6.45, 7) is 1.89. The van der Waals surface area contributed by atoms with Crippen molar-refractivity contribution in [3.8, 4) is 0 Å². The zero-order chi connectivity index (χ0) is 16.2. The van der Waals surface area contributed by atoms with Crippen molar-refractivity contribution in [3.63, 3.8) is 0 Å². The molecule has 1 N–H and O–H groups in total. The number of benzene rings is 2. The monoisotopic (exact) mass is 332 g/mol. The van der Waals surface area contributed by atoms with Crippen molar-refractivity contribution in [2.45, 2.75) is 35.3 Å². The van der Waals surface area contributed by atoms with Crippen LogP contribution >= 0.6 is 0 Å². The van der Waals surface area contributed by atoms with Crippen LogP contribution in [0.2, 0.25) is 0 Å². The molecular weight excluding hydrogens is 316 g/mol. The number of sulfone groups is 1. The van der Waals surface area contributed by atoms with E-state index in [1.807, 2.05) is 13.0 Å². The lowest BCUT2D eigenvalue weighted by atomic mass is 10.1. The molecule has 0 bridgehead atoms. The average molecular weight is 332 g/mol. The van der Waals surface area contributed by atoms with Crippen LogP contribution in [0.5, 0.6) is 0 Å². The highest BCUT2D eigenvalue weighted by Crippen LogP contribution is 2.61. The third-order valence-corrected chi connectivity index (χ3v) is 6.68. The Labute approximate surface area is 134 Å². The molecular formula is C17H16O5S. The Kier molecular flexibility index (Phi) is 3.15. The second kappa shape index (κ2) is 4.88. The van der Waals surface area contributed by atoms with Crippen molar-refractivity contribution < 1.29 is 23.0 Å². The van der Waals surface area contributed by atoms with E-state index in [9.17, 15) is 13.5 Å². The molecule has 4 atom stereocenters. The largest absolute Gasteiger partial charge is 0.366 e. The summed E-state index contributed by atoms with van der Waals surface area (Å²) >= 11 is 0. The number of hydrogen-bond donors (Lipinski definition) is 1. The van der Waals surface area contributed by atoms with E-state index in [1.54, 1.807) is 48.5 Å². The number of hydrogen-bond acceptors (Lipinski definition) is 5. The molecule has 0 saturated carbocycles. The molecule has 0 aliphatic carbocycles. The smallest absolute Gasteiger partial charge is 0.235 e. The van der Waals surface area contributed by atoms with Gasteiger partial charge in [0.05, 0.1) is 4.90 Å². The summed E-state index contributed by atoms with van der Waals surface area (Å²) < 4.78 is 37.2. The number of aliphatic hydroxyl groups is 1. The highest BCUT2D eigenvalue weighted by molar-refractivity contribution is 7.93. The SMILES string of the molecule is Cc1ccc(S(=O)(=O)[C@]23O[C@H]2[C@H](O)O[C@@H]3c2ccccc2)cc1. The Hall–Kier alpha value is -1.73. The van der Waals surface area contributed by atoms with Crippen LogP contribution in [-0.4, -0.2) is 30.9 Å². The first-order valence-corrected chi connectivity index (χ1v) is 8.83. The first kappa shape index (κ1) is 14.8. The molecule has 2 aliphatic heterocycles. The van der Waals surface area contributed by atoms with Gasteiger partial charge in [-0.15, -0.1) is 0 Å². The van der Waals surface area contributed by atoms with Gasteiger partial charge in [0.25, 0.3) is 0 Å². The Morgan fingerprint density at radius 1 is 1.04 bits per heavy atom. The van der Waals surface area contributed by atoms with E-state index >= 15 is 0 Å². The van der Waals surface area contributed by atoms with Gasteiger partial charge in [-0.25, -0.2) is 8.42 Å². The van der Waals surface area contributed by atoms with Gasteiger partial charge >= 0.3 is 0 Å². The van der Waals surface area contributed by atoms with E-state index in [1.165, 1.54) is 0 Å². The molecule has 120 valence electrons. The van der Waals surface area contributed by atoms with Crippen LogP contribution in [0.1, 0.15) is 17.2 Å². The van der Waals surface area contributed by atoms with Gasteiger partial charge in [0, 0.05) is 0 Å². The fourth-order valence-corrected chi connectivity index (χ4v) is 5.12. The topological polar surface area (TPSA) is 76.1 Å². The minimum absolute atomic E-state index is 0.171. The highest BCUT2D eigenvalue weighted by Gasteiger charge is 2.79. The van der Waals surface area contributed by atoms with E-state index in [4.69, 9.17) is 9.47 Å². The first-order valence-electron chi connectivity index (χ1n) is 7.34. The molecule has 5 nitrogen and oxygen atoms in total. The Morgan fingerprint density at radius 2 is 1.70 bits per heavy atom. The average Bonchev–Trinajstić information content (AvgIpc) is 3.25. The molecule has 2 aromatic rings. The quantitative estimate of drug-likeness (QED) is 0.870. The summed E-state index contributed by atoms with van der Waals surface area (Å²) in [5.41, 5.74) is 1.64. The van der Waals surface area contributed by atoms with Gasteiger partial charge in [-0.05, 0) is 24.6 Å². The highest BCUT2D eigenvalue weighted by atomic mass is 32.2. The third kappa shape index (κ3) is 1.99. The summed E-state index contributed by atoms with van der Waals surface area (Å²) in [5, 5.41) is 9.98. The number of epoxide rings is 1. The molecule has 2 heterocycles. The number of fused-ring (bicyclic) bond motifs is 1. The zero-order valence-electron chi connectivity index (χ0n) is 12.4. The maximum Gasteiger partial charge on any atom is 0.235 e. The molecule has 0 unspecified atom stereocenters. The molecule has 6 heteroatoms. The maximum absolute atomic E-state index is 13.1. The molecule has 2 aliphatic rings. The molecule has 0 radical (unpaired) electrons. The summed E-state index contributed by atoms with van der Waals surface area (Å²) in [6.07, 6.45) is -2.96. The normalized spacial score (nSPS) is 32.5. The van der Waals surface area contributed by atoms with E-state index in [2.05, 4.69) is 0 Å². The number of aryl methyl sites for hydroxylation is 1. The van der Waals surface area contributed by atoms with Crippen LogP contribution in [0.25, 0.3) is 0 Å². The summed E-state index contributed by atoms with van der Waals surface area (Å²) in [7, 11) is -3.82. The van der Waals surface area contributed by atoms with Crippen LogP contribution in [0.15, 0.2) is 59.5 Å². The Bertz CT molecular complexity index is 831. The summed E-state index contributed by atoms with van der Waals surface area (Å²) in [5.74, 6) is 0. The molecule has 23 heavy (non-hydrogen) atoms.